The van der Waals surface area contributed by atoms with Crippen LogP contribution in [-0.4, -0.2) is 10.9 Å². The third kappa shape index (κ3) is 2.22. The van der Waals surface area contributed by atoms with E-state index < -0.39 is 0 Å². The lowest BCUT2D eigenvalue weighted by molar-refractivity contribution is 0.104. The Kier molecular flexibility index (Phi) is 3.01. The van der Waals surface area contributed by atoms with Crippen LogP contribution in [0.25, 0.3) is 0 Å². The number of phenols is 1. The first-order valence-electron chi connectivity index (χ1n) is 5.82. The molecule has 0 radical (unpaired) electrons. The van der Waals surface area contributed by atoms with Crippen molar-refractivity contribution in [3.63, 3.8) is 0 Å². The van der Waals surface area contributed by atoms with Crippen molar-refractivity contribution < 1.29 is 9.90 Å². The molecular weight excluding hydrogens is 258 g/mol. The van der Waals surface area contributed by atoms with Gasteiger partial charge in [0.25, 0.3) is 0 Å². The van der Waals surface area contributed by atoms with Crippen molar-refractivity contribution in [1.82, 2.24) is 0 Å². The number of carbonyl (C=O) groups is 1. The van der Waals surface area contributed by atoms with Crippen LogP contribution in [0.15, 0.2) is 64.5 Å². The summed E-state index contributed by atoms with van der Waals surface area (Å²) in [4.78, 5) is 13.7. The minimum Gasteiger partial charge on any atom is -0.506 e. The third-order valence-corrected chi connectivity index (χ3v) is 3.94. The molecule has 0 amide bonds. The Labute approximate surface area is 115 Å². The lowest BCUT2D eigenvalue weighted by atomic mass is 10.1. The summed E-state index contributed by atoms with van der Waals surface area (Å²) < 4.78 is 0. The molecule has 0 saturated heterocycles. The second-order valence-corrected chi connectivity index (χ2v) is 5.18. The lowest BCUT2D eigenvalue weighted by Gasteiger charge is -2.03. The Bertz CT molecular complexity index is 679. The molecular formula is C15H11NO2S. The number of benzene rings is 2. The van der Waals surface area contributed by atoms with E-state index in [4.69, 9.17) is 0 Å². The van der Waals surface area contributed by atoms with Gasteiger partial charge in [-0.05, 0) is 24.3 Å². The molecule has 0 bridgehead atoms. The average Bonchev–Trinajstić information content (AvgIpc) is 2.75. The molecule has 4 heteroatoms. The molecule has 0 saturated carbocycles. The van der Waals surface area contributed by atoms with Crippen molar-refractivity contribution in [3.8, 4) is 5.75 Å². The average molecular weight is 269 g/mol. The first kappa shape index (κ1) is 11.9. The zero-order valence-corrected chi connectivity index (χ0v) is 10.8. The van der Waals surface area contributed by atoms with Gasteiger partial charge in [-0.15, -0.1) is 0 Å². The molecule has 0 fully saturated rings. The van der Waals surface area contributed by atoms with Crippen LogP contribution in [0.5, 0.6) is 5.75 Å². The number of phenolic OH excluding ortho intramolecular Hbond substituents is 1. The van der Waals surface area contributed by atoms with E-state index in [1.807, 2.05) is 30.3 Å². The van der Waals surface area contributed by atoms with Crippen LogP contribution < -0.4 is 5.32 Å². The molecule has 3 nitrogen and oxygen atoms in total. The number of rotatable bonds is 2. The molecule has 1 aliphatic rings. The SMILES string of the molecule is O=C1/C(=C/Nc2ccccc2O)Sc2ccccc21. The van der Waals surface area contributed by atoms with E-state index in [2.05, 4.69) is 5.32 Å². The molecule has 2 aromatic rings. The highest BCUT2D eigenvalue weighted by atomic mass is 32.2. The second-order valence-electron chi connectivity index (χ2n) is 4.10. The fourth-order valence-corrected chi connectivity index (χ4v) is 2.85. The van der Waals surface area contributed by atoms with Gasteiger partial charge in [0.15, 0.2) is 0 Å². The number of fused-ring (bicyclic) bond motifs is 1. The first-order valence-corrected chi connectivity index (χ1v) is 6.63. The van der Waals surface area contributed by atoms with Crippen molar-refractivity contribution in [2.45, 2.75) is 4.90 Å². The fourth-order valence-electron chi connectivity index (χ4n) is 1.87. The molecule has 19 heavy (non-hydrogen) atoms. The highest BCUT2D eigenvalue weighted by Gasteiger charge is 2.25. The molecule has 0 atom stereocenters. The number of aromatic hydroxyl groups is 1. The Balaban J connectivity index is 1.84. The van der Waals surface area contributed by atoms with Gasteiger partial charge in [-0.1, -0.05) is 36.0 Å². The number of hydrogen-bond donors (Lipinski definition) is 2. The zero-order valence-electron chi connectivity index (χ0n) is 9.96. The van der Waals surface area contributed by atoms with Gasteiger partial charge in [-0.25, -0.2) is 0 Å². The fraction of sp³-hybridized carbons (Fsp3) is 0. The minimum absolute atomic E-state index is 0.0171. The van der Waals surface area contributed by atoms with Gasteiger partial charge in [0.2, 0.25) is 5.78 Å². The maximum atomic E-state index is 12.1. The van der Waals surface area contributed by atoms with Crippen LogP contribution >= 0.6 is 11.8 Å². The van der Waals surface area contributed by atoms with Crippen molar-refractivity contribution in [2.24, 2.45) is 0 Å². The minimum atomic E-state index is 0.0171. The number of ketones is 1. The van der Waals surface area contributed by atoms with Crippen molar-refractivity contribution in [2.75, 3.05) is 5.32 Å². The van der Waals surface area contributed by atoms with Crippen LogP contribution in [0.2, 0.25) is 0 Å². The van der Waals surface area contributed by atoms with Crippen LogP contribution in [0.4, 0.5) is 5.69 Å². The first-order chi connectivity index (χ1) is 9.25. The van der Waals surface area contributed by atoms with Gasteiger partial charge in [-0.2, -0.15) is 0 Å². The number of nitrogens with one attached hydrogen (secondary N) is 1. The molecule has 0 spiro atoms. The van der Waals surface area contributed by atoms with E-state index in [-0.39, 0.29) is 11.5 Å². The summed E-state index contributed by atoms with van der Waals surface area (Å²) in [7, 11) is 0. The van der Waals surface area contributed by atoms with Crippen LogP contribution in [-0.2, 0) is 0 Å². The maximum absolute atomic E-state index is 12.1. The maximum Gasteiger partial charge on any atom is 0.202 e. The van der Waals surface area contributed by atoms with Gasteiger partial charge in [0, 0.05) is 16.7 Å². The van der Waals surface area contributed by atoms with Crippen molar-refractivity contribution in [3.05, 3.63) is 65.2 Å². The number of anilines is 1. The molecule has 0 aliphatic carbocycles. The lowest BCUT2D eigenvalue weighted by Crippen LogP contribution is -1.97. The van der Waals surface area contributed by atoms with Crippen molar-refractivity contribution >= 4 is 23.2 Å². The Morgan fingerprint density at radius 2 is 1.79 bits per heavy atom. The van der Waals surface area contributed by atoms with Crippen molar-refractivity contribution in [1.29, 1.82) is 0 Å². The zero-order chi connectivity index (χ0) is 13.2. The summed E-state index contributed by atoms with van der Waals surface area (Å²) in [6, 6.07) is 14.4. The van der Waals surface area contributed by atoms with Gasteiger partial charge < -0.3 is 10.4 Å². The number of thioether (sulfide) groups is 1. The predicted octanol–water partition coefficient (Wildman–Crippen LogP) is 3.63. The molecule has 1 aliphatic heterocycles. The van der Waals surface area contributed by atoms with Gasteiger partial charge >= 0.3 is 0 Å². The normalized spacial score (nSPS) is 15.6. The van der Waals surface area contributed by atoms with E-state index in [1.165, 1.54) is 11.8 Å². The summed E-state index contributed by atoms with van der Waals surface area (Å²) in [6.07, 6.45) is 1.64. The van der Waals surface area contributed by atoms with E-state index in [9.17, 15) is 9.90 Å². The van der Waals surface area contributed by atoms with Crippen LogP contribution in [0.1, 0.15) is 10.4 Å². The molecule has 0 unspecified atom stereocenters. The quantitative estimate of drug-likeness (QED) is 0.645. The molecule has 0 aromatic heterocycles. The largest absolute Gasteiger partial charge is 0.506 e. The third-order valence-electron chi connectivity index (χ3n) is 2.84. The summed E-state index contributed by atoms with van der Waals surface area (Å²) in [6.45, 7) is 0. The highest BCUT2D eigenvalue weighted by molar-refractivity contribution is 8.04. The van der Waals surface area contributed by atoms with E-state index in [0.717, 1.165) is 10.5 Å². The number of hydrogen-bond acceptors (Lipinski definition) is 4. The van der Waals surface area contributed by atoms with E-state index in [1.54, 1.807) is 24.4 Å². The van der Waals surface area contributed by atoms with Crippen LogP contribution in [0.3, 0.4) is 0 Å². The number of carbonyl (C=O) groups excluding carboxylic acids is 1. The number of para-hydroxylation sites is 2. The van der Waals surface area contributed by atoms with Crippen LogP contribution in [0, 0.1) is 0 Å². The van der Waals surface area contributed by atoms with E-state index >= 15 is 0 Å². The Morgan fingerprint density at radius 3 is 2.58 bits per heavy atom. The van der Waals surface area contributed by atoms with Gasteiger partial charge in [0.1, 0.15) is 5.75 Å². The topological polar surface area (TPSA) is 49.3 Å². The molecule has 1 heterocycles. The number of Topliss-reactive ketones (excluding diaryl/α,β-unsaturated/α-hetero) is 1. The Morgan fingerprint density at radius 1 is 1.05 bits per heavy atom. The molecule has 2 N–H and O–H groups in total. The second kappa shape index (κ2) is 4.82. The van der Waals surface area contributed by atoms with E-state index in [0.29, 0.717) is 10.6 Å². The molecule has 2 aromatic carbocycles. The Hall–Kier alpha value is -2.20. The summed E-state index contributed by atoms with van der Waals surface area (Å²) in [5.41, 5.74) is 1.32. The summed E-state index contributed by atoms with van der Waals surface area (Å²) in [5.74, 6) is 0.177. The summed E-state index contributed by atoms with van der Waals surface area (Å²) in [5, 5.41) is 12.6. The molecule has 3 rings (SSSR count). The molecule has 94 valence electrons. The smallest absolute Gasteiger partial charge is 0.202 e. The van der Waals surface area contributed by atoms with Gasteiger partial charge in [0.05, 0.1) is 10.6 Å². The summed E-state index contributed by atoms with van der Waals surface area (Å²) >= 11 is 1.44. The monoisotopic (exact) mass is 269 g/mol. The number of allylic oxidation sites excluding steroid dienone is 1. The predicted molar refractivity (Wildman–Crippen MR) is 76.4 cm³/mol. The standard InChI is InChI=1S/C15H11NO2S/c17-12-7-3-2-6-11(12)16-9-14-15(18)10-5-1-4-8-13(10)19-14/h1-9,16-17H/b14-9-. The van der Waals surface area contributed by atoms with Gasteiger partial charge in [-0.3, -0.25) is 4.79 Å². The highest BCUT2D eigenvalue weighted by Crippen LogP contribution is 2.39.